The summed E-state index contributed by atoms with van der Waals surface area (Å²) in [7, 11) is 2.64. The first kappa shape index (κ1) is 24.7. The predicted octanol–water partition coefficient (Wildman–Crippen LogP) is 0.357. The fourth-order valence-electron chi connectivity index (χ4n) is 0.203. The third-order valence-corrected chi connectivity index (χ3v) is 0.803. The molecule has 0 aliphatic rings. The Morgan fingerprint density at radius 3 is 1.56 bits per heavy atom. The van der Waals surface area contributed by atoms with Crippen LogP contribution in [-0.2, 0) is 61.3 Å². The largest absolute Gasteiger partial charge is 0.655 e. The summed E-state index contributed by atoms with van der Waals surface area (Å²) >= 11 is 0. The Kier molecular flexibility index (Phi) is 45.1. The smallest absolute Gasteiger partial charge is 0.305 e. The van der Waals surface area contributed by atoms with E-state index >= 15 is 0 Å². The van der Waals surface area contributed by atoms with Gasteiger partial charge in [0.25, 0.3) is 0 Å². The molecule has 7 heteroatoms. The van der Waals surface area contributed by atoms with E-state index in [2.05, 4.69) is 14.2 Å². The maximum Gasteiger partial charge on any atom is 0.305 e. The molecule has 0 aromatic heterocycles. The second kappa shape index (κ2) is 29.3. The molecular weight excluding hydrogens is 293 g/mol. The van der Waals surface area contributed by atoms with E-state index in [0.29, 0.717) is 13.0 Å². The zero-order valence-corrected chi connectivity index (χ0v) is 12.8. The van der Waals surface area contributed by atoms with Crippen molar-refractivity contribution in [2.75, 3.05) is 20.8 Å². The Morgan fingerprint density at radius 1 is 1.12 bits per heavy atom. The first-order chi connectivity index (χ1) is 7.14. The number of esters is 1. The maximum absolute atomic E-state index is 9.96. The fourth-order valence-corrected chi connectivity index (χ4v) is 0.203. The van der Waals surface area contributed by atoms with Gasteiger partial charge in [0.2, 0.25) is 0 Å². The van der Waals surface area contributed by atoms with E-state index in [9.17, 15) is 4.79 Å². The van der Waals surface area contributed by atoms with E-state index < -0.39 is 0 Å². The van der Waals surface area contributed by atoms with Gasteiger partial charge in [0, 0.05) is 52.8 Å². The second-order valence-corrected chi connectivity index (χ2v) is 1.73. The van der Waals surface area contributed by atoms with Gasteiger partial charge in [-0.1, -0.05) is 19.9 Å². The van der Waals surface area contributed by atoms with Gasteiger partial charge in [-0.25, -0.2) is 0 Å². The van der Waals surface area contributed by atoms with Crippen LogP contribution in [0, 0.1) is 0 Å². The summed E-state index contributed by atoms with van der Waals surface area (Å²) in [5.41, 5.74) is 0. The molecule has 0 amide bonds. The molecule has 0 atom stereocenters. The third-order valence-electron chi connectivity index (χ3n) is 0.803. The van der Waals surface area contributed by atoms with Crippen molar-refractivity contribution in [1.82, 2.24) is 0 Å². The average molecular weight is 309 g/mol. The monoisotopic (exact) mass is 309 g/mol. The molecule has 0 fully saturated rings. The van der Waals surface area contributed by atoms with Crippen molar-refractivity contribution in [1.29, 1.82) is 0 Å². The molecule has 0 spiro atoms. The zero-order chi connectivity index (χ0) is 12.5. The molecule has 16 heavy (non-hydrogen) atoms. The van der Waals surface area contributed by atoms with Gasteiger partial charge in [-0.15, -0.1) is 0 Å². The van der Waals surface area contributed by atoms with Crippen LogP contribution in [0.25, 0.3) is 0 Å². The first-order valence-corrected chi connectivity index (χ1v) is 4.10. The van der Waals surface area contributed by atoms with Crippen LogP contribution in [-0.4, -0.2) is 39.7 Å². The van der Waals surface area contributed by atoms with Crippen LogP contribution in [0.5, 0.6) is 0 Å². The van der Waals surface area contributed by atoms with E-state index in [1.54, 1.807) is 13.8 Å². The van der Waals surface area contributed by atoms with Crippen molar-refractivity contribution in [3.8, 4) is 0 Å². The number of carbonyl (C=O) groups excluding carboxylic acids is 3. The molecule has 0 unspecified atom stereocenters. The number of carbonyl (C=O) groups is 1. The van der Waals surface area contributed by atoms with Gasteiger partial charge < -0.3 is 23.8 Å². The molecule has 0 saturated carbocycles. The third kappa shape index (κ3) is 49.9. The van der Waals surface area contributed by atoms with Crippen molar-refractivity contribution < 1.29 is 61.3 Å². The van der Waals surface area contributed by atoms with Crippen LogP contribution >= 0.6 is 0 Å². The van der Waals surface area contributed by atoms with Crippen LogP contribution in [0.4, 0.5) is 0 Å². The molecule has 0 rings (SSSR count). The van der Waals surface area contributed by atoms with E-state index in [0.717, 1.165) is 0 Å². The first-order valence-electron chi connectivity index (χ1n) is 4.10. The summed E-state index contributed by atoms with van der Waals surface area (Å²) in [6, 6.07) is 0. The van der Waals surface area contributed by atoms with Crippen molar-refractivity contribution in [2.45, 2.75) is 20.3 Å². The normalized spacial score (nSPS) is 6.25. The molecule has 0 N–H and O–H groups in total. The van der Waals surface area contributed by atoms with Crippen molar-refractivity contribution in [2.24, 2.45) is 0 Å². The molecule has 0 heterocycles. The van der Waals surface area contributed by atoms with Gasteiger partial charge in [-0.05, 0) is 6.92 Å². The molecule has 0 aromatic rings. The van der Waals surface area contributed by atoms with Crippen LogP contribution in [0.15, 0.2) is 0 Å². The quantitative estimate of drug-likeness (QED) is 0.424. The summed E-state index contributed by atoms with van der Waals surface area (Å²) < 4.78 is 12.0. The van der Waals surface area contributed by atoms with E-state index in [4.69, 9.17) is 9.59 Å². The number of methoxy groups -OCH3 is 2. The Labute approximate surface area is 121 Å². The minimum absolute atomic E-state index is 0. The summed E-state index contributed by atoms with van der Waals surface area (Å²) in [5, 5.41) is 0. The summed E-state index contributed by atoms with van der Waals surface area (Å²) in [6.45, 7) is 6.35. The molecule has 0 aliphatic heterocycles. The van der Waals surface area contributed by atoms with Gasteiger partial charge in [0.05, 0.1) is 7.11 Å². The Bertz CT molecular complexity index is 145. The van der Waals surface area contributed by atoms with Gasteiger partial charge in [-0.2, -0.15) is 0 Å². The number of ether oxygens (including phenoxy) is 3. The van der Waals surface area contributed by atoms with E-state index in [-0.39, 0.29) is 38.7 Å². The molecule has 0 bridgehead atoms. The Morgan fingerprint density at radius 2 is 1.56 bits per heavy atom. The average Bonchev–Trinajstić information content (AvgIpc) is 2.30. The van der Waals surface area contributed by atoms with Crippen LogP contribution in [0.3, 0.4) is 0 Å². The predicted molar refractivity (Wildman–Crippen MR) is 52.3 cm³/mol. The van der Waals surface area contributed by atoms with Crippen LogP contribution < -0.4 is 0 Å². The topological polar surface area (TPSA) is 78.9 Å². The molecule has 93 valence electrons. The molecule has 1 radical (unpaired) electrons. The van der Waals surface area contributed by atoms with Gasteiger partial charge in [-0.3, -0.25) is 4.79 Å². The molecule has 6 nitrogen and oxygen atoms in total. The second-order valence-electron chi connectivity index (χ2n) is 1.73. The van der Waals surface area contributed by atoms with Gasteiger partial charge >= 0.3 is 5.97 Å². The Hall–Kier alpha value is -0.486. The minimum Gasteiger partial charge on any atom is -0.655 e. The number of hydrogen-bond acceptors (Lipinski definition) is 6. The van der Waals surface area contributed by atoms with Crippen LogP contribution in [0.2, 0.25) is 0 Å². The van der Waals surface area contributed by atoms with Crippen molar-refractivity contribution >= 4 is 18.9 Å². The summed E-state index contributed by atoms with van der Waals surface area (Å²) in [6.07, 6.45) is 0.469. The minimum atomic E-state index is -0.157. The number of hydrogen-bond donors (Lipinski definition) is 0. The van der Waals surface area contributed by atoms with Crippen LogP contribution in [0.1, 0.15) is 20.3 Å². The van der Waals surface area contributed by atoms with Gasteiger partial charge in [0.1, 0.15) is 0 Å². The summed E-state index contributed by atoms with van der Waals surface area (Å²) in [5.74, 6) is -0.157. The number of rotatable bonds is 4. The molecule has 0 aliphatic carbocycles. The standard InChI is InChI=1S/C4H8O2.C3H5O2.C2H3O2.Y/c1-3-4(5)6-2;1-2-5-3-4;1-4-2-3;/h3H2,1-2H3;2H2,1H3;1H3;/q;2*-1;. The molecule has 0 saturated heterocycles. The van der Waals surface area contributed by atoms with Crippen molar-refractivity contribution in [3.63, 3.8) is 0 Å². The van der Waals surface area contributed by atoms with Gasteiger partial charge in [0.15, 0.2) is 0 Å². The summed E-state index contributed by atoms with van der Waals surface area (Å²) in [4.78, 5) is 27.8. The zero-order valence-electron chi connectivity index (χ0n) is 9.94. The molecular formula is C9H16O6Y-2. The van der Waals surface area contributed by atoms with E-state index in [1.165, 1.54) is 27.2 Å². The fraction of sp³-hybridized carbons (Fsp3) is 0.667. The Balaban J connectivity index is -0.0000000668. The van der Waals surface area contributed by atoms with Crippen molar-refractivity contribution in [3.05, 3.63) is 0 Å². The maximum atomic E-state index is 9.96. The van der Waals surface area contributed by atoms with E-state index in [1.807, 2.05) is 0 Å². The molecule has 0 aromatic carbocycles. The SMILES string of the molecule is CCC(=O)OC.CCO[C-]=O.CO[C-]=O.[Y].